The highest BCUT2D eigenvalue weighted by Crippen LogP contribution is 2.61. The van der Waals surface area contributed by atoms with Crippen LogP contribution in [-0.2, 0) is 28.1 Å². The molecule has 16 aromatic carbocycles. The lowest BCUT2D eigenvalue weighted by Gasteiger charge is -2.33. The van der Waals surface area contributed by atoms with E-state index in [1.54, 1.807) is 0 Å². The summed E-state index contributed by atoms with van der Waals surface area (Å²) in [5.41, 5.74) is 39.2. The third kappa shape index (κ3) is 9.77. The van der Waals surface area contributed by atoms with E-state index in [0.717, 1.165) is 34.9 Å². The second-order valence-corrected chi connectivity index (χ2v) is 32.1. The summed E-state index contributed by atoms with van der Waals surface area (Å²) in [4.78, 5) is 5.19. The van der Waals surface area contributed by atoms with Crippen molar-refractivity contribution in [1.82, 2.24) is 0 Å². The Morgan fingerprint density at radius 1 is 0.234 bits per heavy atom. The molecule has 0 saturated heterocycles. The van der Waals surface area contributed by atoms with Crippen molar-refractivity contribution in [2.75, 3.05) is 9.80 Å². The van der Waals surface area contributed by atoms with Crippen LogP contribution in [0.25, 0.3) is 111 Å². The molecule has 0 aliphatic heterocycles. The van der Waals surface area contributed by atoms with E-state index in [1.807, 2.05) is 0 Å². The fourth-order valence-corrected chi connectivity index (χ4v) is 19.7. The molecular weight excluding hydrogens is 1290 g/mol. The van der Waals surface area contributed by atoms with Gasteiger partial charge in [0.25, 0.3) is 0 Å². The van der Waals surface area contributed by atoms with Gasteiger partial charge in [0.1, 0.15) is 0 Å². The Labute approximate surface area is 629 Å². The summed E-state index contributed by atoms with van der Waals surface area (Å²) in [5.74, 6) is 0. The topological polar surface area (TPSA) is 6.48 Å². The summed E-state index contributed by atoms with van der Waals surface area (Å²) in [6.45, 7) is 19.1. The average molecular weight is 1370 g/mol. The summed E-state index contributed by atoms with van der Waals surface area (Å²) >= 11 is 0. The summed E-state index contributed by atoms with van der Waals surface area (Å²) in [6, 6.07) is 129. The van der Waals surface area contributed by atoms with Crippen molar-refractivity contribution >= 4 is 55.7 Å². The van der Waals surface area contributed by atoms with Crippen LogP contribution in [0.5, 0.6) is 0 Å². The molecule has 512 valence electrons. The monoisotopic (exact) mass is 1370 g/mol. The Balaban J connectivity index is 0.722. The van der Waals surface area contributed by atoms with E-state index in [0.29, 0.717) is 0 Å². The maximum absolute atomic E-state index is 2.61. The third-order valence-electron chi connectivity index (χ3n) is 25.1. The van der Waals surface area contributed by atoms with Crippen molar-refractivity contribution in [3.63, 3.8) is 0 Å². The van der Waals surface area contributed by atoms with Gasteiger partial charge in [0.15, 0.2) is 0 Å². The summed E-state index contributed by atoms with van der Waals surface area (Å²) in [5, 5.41) is 4.93. The van der Waals surface area contributed by atoms with Crippen molar-refractivity contribution in [3.05, 3.63) is 395 Å². The van der Waals surface area contributed by atoms with E-state index in [2.05, 4.69) is 405 Å². The van der Waals surface area contributed by atoms with Gasteiger partial charge >= 0.3 is 0 Å². The number of rotatable bonds is 12. The number of hydrogen-bond acceptors (Lipinski definition) is 2. The molecular formula is C105H82N2. The minimum atomic E-state index is -0.390. The molecule has 1 atom stereocenters. The lowest BCUT2D eigenvalue weighted by molar-refractivity contribution is 0.583. The molecule has 2 nitrogen and oxygen atoms in total. The van der Waals surface area contributed by atoms with E-state index in [1.165, 1.54) is 172 Å². The first-order chi connectivity index (χ1) is 52.1. The molecule has 0 heterocycles. The van der Waals surface area contributed by atoms with Gasteiger partial charge in [-0.05, 0) is 218 Å². The van der Waals surface area contributed by atoms with Crippen LogP contribution in [0.15, 0.2) is 340 Å². The van der Waals surface area contributed by atoms with Gasteiger partial charge in [0, 0.05) is 55.3 Å². The van der Waals surface area contributed by atoms with Crippen LogP contribution >= 0.6 is 0 Å². The number of fused-ring (bicyclic) bond motifs is 14. The zero-order valence-electron chi connectivity index (χ0n) is 61.9. The zero-order chi connectivity index (χ0) is 72.2. The van der Waals surface area contributed by atoms with Crippen molar-refractivity contribution in [3.8, 4) is 89.0 Å². The van der Waals surface area contributed by atoms with Crippen LogP contribution in [0.3, 0.4) is 0 Å². The van der Waals surface area contributed by atoms with E-state index < -0.39 is 0 Å². The Kier molecular flexibility index (Phi) is 14.5. The maximum atomic E-state index is 2.61. The number of benzene rings is 16. The molecule has 0 saturated carbocycles. The first-order valence-electron chi connectivity index (χ1n) is 38.1. The van der Waals surface area contributed by atoms with Gasteiger partial charge in [-0.15, -0.1) is 0 Å². The minimum Gasteiger partial charge on any atom is -0.309 e. The van der Waals surface area contributed by atoms with E-state index in [-0.39, 0.29) is 21.7 Å². The molecule has 107 heavy (non-hydrogen) atoms. The normalized spacial score (nSPS) is 15.4. The fourth-order valence-electron chi connectivity index (χ4n) is 19.7. The lowest BCUT2D eigenvalue weighted by atomic mass is 9.75. The van der Waals surface area contributed by atoms with Gasteiger partial charge in [0.05, 0.1) is 22.7 Å². The Bertz CT molecular complexity index is 6370. The van der Waals surface area contributed by atoms with Gasteiger partial charge < -0.3 is 9.80 Å². The minimum absolute atomic E-state index is 0.179. The van der Waals surface area contributed by atoms with Crippen molar-refractivity contribution < 1.29 is 0 Å². The Hall–Kier alpha value is -12.4. The van der Waals surface area contributed by atoms with Crippen LogP contribution in [-0.4, -0.2) is 0 Å². The number of hydrogen-bond donors (Lipinski definition) is 0. The second-order valence-electron chi connectivity index (χ2n) is 32.1. The van der Waals surface area contributed by atoms with Crippen molar-refractivity contribution in [2.45, 2.75) is 83.5 Å². The summed E-state index contributed by atoms with van der Waals surface area (Å²) in [7, 11) is 0. The standard InChI is InChI=1S/C105H82N2/c1-66-28-12-14-34-75(66)87-62-72(77-40-24-32-68-31-13-15-35-76(68)77)52-59-97(87)107(74-54-57-83-81-37-17-21-43-89(81)104(6,7)95(83)64-74)99-49-27-47-93-101(99)85-39-19-23-45-91(85)105(93,8)65-67-50-55-79-70(60-67)33-25-41-78(79)71-51-58-96(86(61-71)69-29-10-9-11-30-69)106(73-53-56-82-80-36-16-20-42-88(80)103(4,5)94(82)63-73)98-48-26-46-92-100(98)84-38-18-22-44-90(84)102(92,2)3/h9-64H,65H2,1-8H3. The summed E-state index contributed by atoms with van der Waals surface area (Å²) in [6.07, 6.45) is 0.805. The predicted octanol–water partition coefficient (Wildman–Crippen LogP) is 28.4. The number of aryl methyl sites for hydroxylation is 1. The van der Waals surface area contributed by atoms with Gasteiger partial charge in [-0.3, -0.25) is 0 Å². The molecule has 0 N–H and O–H groups in total. The highest BCUT2D eigenvalue weighted by Gasteiger charge is 2.44. The molecule has 20 rings (SSSR count). The fraction of sp³-hybridized carbons (Fsp3) is 0.124. The van der Waals surface area contributed by atoms with Gasteiger partial charge in [-0.1, -0.05) is 328 Å². The molecule has 0 spiro atoms. The molecule has 0 aromatic heterocycles. The van der Waals surface area contributed by atoms with Crippen LogP contribution in [0.1, 0.15) is 104 Å². The van der Waals surface area contributed by atoms with E-state index in [4.69, 9.17) is 0 Å². The highest BCUT2D eigenvalue weighted by molar-refractivity contribution is 6.05. The molecule has 0 fully saturated rings. The van der Waals surface area contributed by atoms with Crippen molar-refractivity contribution in [1.29, 1.82) is 0 Å². The predicted molar refractivity (Wildman–Crippen MR) is 452 cm³/mol. The molecule has 0 amide bonds. The number of anilines is 6. The van der Waals surface area contributed by atoms with Gasteiger partial charge in [0.2, 0.25) is 0 Å². The first-order valence-corrected chi connectivity index (χ1v) is 38.1. The molecule has 0 radical (unpaired) electrons. The van der Waals surface area contributed by atoms with Crippen LogP contribution in [0.2, 0.25) is 0 Å². The quantitative estimate of drug-likeness (QED) is 0.120. The molecule has 1 unspecified atom stereocenters. The zero-order valence-corrected chi connectivity index (χ0v) is 61.9. The van der Waals surface area contributed by atoms with Gasteiger partial charge in [-0.25, -0.2) is 0 Å². The average Bonchev–Trinajstić information content (AvgIpc) is 1.58. The van der Waals surface area contributed by atoms with Crippen LogP contribution in [0, 0.1) is 6.92 Å². The first kappa shape index (κ1) is 64.3. The Morgan fingerprint density at radius 3 is 1.27 bits per heavy atom. The number of nitrogens with zero attached hydrogens (tertiary/aromatic N) is 2. The van der Waals surface area contributed by atoms with Crippen molar-refractivity contribution in [2.24, 2.45) is 0 Å². The molecule has 0 bridgehead atoms. The van der Waals surface area contributed by atoms with E-state index in [9.17, 15) is 0 Å². The van der Waals surface area contributed by atoms with E-state index >= 15 is 0 Å². The second kappa shape index (κ2) is 24.1. The van der Waals surface area contributed by atoms with Crippen LogP contribution < -0.4 is 9.80 Å². The largest absolute Gasteiger partial charge is 0.309 e. The molecule has 2 heteroatoms. The SMILES string of the molecule is Cc1ccccc1-c1cc(-c2cccc3ccccc23)ccc1N(c1ccc2c(c1)C(C)(C)c1ccccc1-2)c1cccc2c1-c1ccccc1C2(C)Cc1ccc2c(-c3ccc(N(c4ccc5c(c4)C(C)(C)c4ccccc4-5)c4cccc5c4-c4ccccc4C5(C)C)c(-c4ccccc4)c3)cccc2c1. The molecule has 16 aromatic rings. The Morgan fingerprint density at radius 2 is 0.654 bits per heavy atom. The summed E-state index contributed by atoms with van der Waals surface area (Å²) < 4.78 is 0. The third-order valence-corrected chi connectivity index (χ3v) is 25.1. The molecule has 4 aliphatic carbocycles. The smallest absolute Gasteiger partial charge is 0.0543 e. The van der Waals surface area contributed by atoms with Gasteiger partial charge in [-0.2, -0.15) is 0 Å². The van der Waals surface area contributed by atoms with Crippen LogP contribution in [0.4, 0.5) is 34.1 Å². The molecule has 4 aliphatic rings. The maximum Gasteiger partial charge on any atom is 0.0543 e. The highest BCUT2D eigenvalue weighted by atomic mass is 15.2. The lowest BCUT2D eigenvalue weighted by Crippen LogP contribution is -2.24.